The van der Waals surface area contributed by atoms with Crippen LogP contribution < -0.4 is 10.1 Å². The van der Waals surface area contributed by atoms with E-state index in [-0.39, 0.29) is 0 Å². The number of halogens is 1. The Bertz CT molecular complexity index is 331. The van der Waals surface area contributed by atoms with Crippen LogP contribution in [0.5, 0.6) is 5.75 Å². The molecule has 0 spiro atoms. The molecule has 0 aliphatic heterocycles. The van der Waals surface area contributed by atoms with Crippen LogP contribution in [0.1, 0.15) is 18.9 Å². The predicted octanol–water partition coefficient (Wildman–Crippen LogP) is 2.86. The van der Waals surface area contributed by atoms with E-state index in [1.165, 1.54) is 0 Å². The van der Waals surface area contributed by atoms with Crippen molar-refractivity contribution in [3.05, 3.63) is 28.8 Å². The molecule has 0 aliphatic carbocycles. The van der Waals surface area contributed by atoms with Gasteiger partial charge in [-0.1, -0.05) is 24.6 Å². The molecule has 1 rings (SSSR count). The van der Waals surface area contributed by atoms with Crippen molar-refractivity contribution in [3.63, 3.8) is 0 Å². The van der Waals surface area contributed by atoms with Crippen LogP contribution in [-0.2, 0) is 11.3 Å². The average molecular weight is 258 g/mol. The number of methoxy groups -OCH3 is 1. The molecule has 1 aromatic rings. The molecule has 0 aliphatic rings. The zero-order valence-corrected chi connectivity index (χ0v) is 11.2. The molecule has 0 aromatic heterocycles. The first kappa shape index (κ1) is 14.3. The summed E-state index contributed by atoms with van der Waals surface area (Å²) in [5.41, 5.74) is 1.01. The fraction of sp³-hybridized carbons (Fsp3) is 0.538. The van der Waals surface area contributed by atoms with Crippen molar-refractivity contribution in [2.75, 3.05) is 26.9 Å². The molecule has 0 saturated heterocycles. The first-order chi connectivity index (χ1) is 8.29. The lowest BCUT2D eigenvalue weighted by Crippen LogP contribution is -2.19. The number of ether oxygens (including phenoxy) is 2. The molecule has 1 N–H and O–H groups in total. The highest BCUT2D eigenvalue weighted by Crippen LogP contribution is 2.26. The Kier molecular flexibility index (Phi) is 7.01. The van der Waals surface area contributed by atoms with Gasteiger partial charge in [0.25, 0.3) is 0 Å². The standard InChI is InChI=1S/C13H20ClNO2/c1-3-8-17-13-6-4-5-12(14)11(13)10-15-7-9-16-2/h4-6,15H,3,7-10H2,1-2H3. The van der Waals surface area contributed by atoms with Crippen molar-refractivity contribution in [2.24, 2.45) is 0 Å². The van der Waals surface area contributed by atoms with E-state index in [0.717, 1.165) is 29.3 Å². The van der Waals surface area contributed by atoms with E-state index in [0.29, 0.717) is 19.8 Å². The van der Waals surface area contributed by atoms with Crippen LogP contribution >= 0.6 is 11.6 Å². The molecule has 3 nitrogen and oxygen atoms in total. The maximum atomic E-state index is 6.17. The Morgan fingerprint density at radius 1 is 1.29 bits per heavy atom. The van der Waals surface area contributed by atoms with Gasteiger partial charge in [-0.2, -0.15) is 0 Å². The zero-order valence-electron chi connectivity index (χ0n) is 10.5. The summed E-state index contributed by atoms with van der Waals surface area (Å²) in [6.45, 7) is 4.99. The average Bonchev–Trinajstić information content (AvgIpc) is 2.34. The van der Waals surface area contributed by atoms with Gasteiger partial charge in [-0.15, -0.1) is 0 Å². The summed E-state index contributed by atoms with van der Waals surface area (Å²) in [6, 6.07) is 5.74. The Morgan fingerprint density at radius 3 is 2.82 bits per heavy atom. The van der Waals surface area contributed by atoms with Gasteiger partial charge in [-0.05, 0) is 18.6 Å². The van der Waals surface area contributed by atoms with Crippen LogP contribution in [-0.4, -0.2) is 26.9 Å². The smallest absolute Gasteiger partial charge is 0.125 e. The third kappa shape index (κ3) is 4.94. The summed E-state index contributed by atoms with van der Waals surface area (Å²) >= 11 is 6.17. The van der Waals surface area contributed by atoms with Crippen molar-refractivity contribution >= 4 is 11.6 Å². The van der Waals surface area contributed by atoms with E-state index in [9.17, 15) is 0 Å². The Labute approximate surface area is 108 Å². The van der Waals surface area contributed by atoms with Crippen LogP contribution in [0.3, 0.4) is 0 Å². The molecule has 0 radical (unpaired) electrons. The molecular weight excluding hydrogens is 238 g/mol. The second-order valence-corrected chi connectivity index (χ2v) is 4.14. The summed E-state index contributed by atoms with van der Waals surface area (Å²) in [6.07, 6.45) is 0.989. The minimum atomic E-state index is 0.690. The van der Waals surface area contributed by atoms with Gasteiger partial charge in [-0.25, -0.2) is 0 Å². The highest BCUT2D eigenvalue weighted by atomic mass is 35.5. The third-order valence-corrected chi connectivity index (χ3v) is 2.68. The molecule has 0 bridgehead atoms. The largest absolute Gasteiger partial charge is 0.493 e. The maximum absolute atomic E-state index is 6.17. The summed E-state index contributed by atoms with van der Waals surface area (Å²) in [5, 5.41) is 4.01. The summed E-state index contributed by atoms with van der Waals surface area (Å²) in [7, 11) is 1.69. The van der Waals surface area contributed by atoms with Crippen LogP contribution in [0.25, 0.3) is 0 Å². The van der Waals surface area contributed by atoms with Gasteiger partial charge in [0.15, 0.2) is 0 Å². The lowest BCUT2D eigenvalue weighted by Gasteiger charge is -2.13. The van der Waals surface area contributed by atoms with Crippen molar-refractivity contribution in [1.29, 1.82) is 0 Å². The monoisotopic (exact) mass is 257 g/mol. The van der Waals surface area contributed by atoms with Gasteiger partial charge in [0.05, 0.1) is 13.2 Å². The fourth-order valence-corrected chi connectivity index (χ4v) is 1.68. The van der Waals surface area contributed by atoms with E-state index >= 15 is 0 Å². The number of hydrogen-bond acceptors (Lipinski definition) is 3. The van der Waals surface area contributed by atoms with E-state index < -0.39 is 0 Å². The van der Waals surface area contributed by atoms with Gasteiger partial charge in [0.2, 0.25) is 0 Å². The Morgan fingerprint density at radius 2 is 2.12 bits per heavy atom. The number of hydrogen-bond donors (Lipinski definition) is 1. The van der Waals surface area contributed by atoms with Crippen molar-refractivity contribution in [3.8, 4) is 5.75 Å². The minimum Gasteiger partial charge on any atom is -0.493 e. The first-order valence-electron chi connectivity index (χ1n) is 5.89. The molecule has 0 heterocycles. The second kappa shape index (κ2) is 8.34. The summed E-state index contributed by atoms with van der Waals surface area (Å²) in [5.74, 6) is 0.865. The van der Waals surface area contributed by atoms with Gasteiger partial charge >= 0.3 is 0 Å². The van der Waals surface area contributed by atoms with Crippen LogP contribution in [0, 0.1) is 0 Å². The molecule has 0 fully saturated rings. The first-order valence-corrected chi connectivity index (χ1v) is 6.27. The topological polar surface area (TPSA) is 30.5 Å². The van der Waals surface area contributed by atoms with E-state index in [1.54, 1.807) is 7.11 Å². The lowest BCUT2D eigenvalue weighted by atomic mass is 10.2. The van der Waals surface area contributed by atoms with E-state index in [2.05, 4.69) is 12.2 Å². The van der Waals surface area contributed by atoms with Gasteiger partial charge < -0.3 is 14.8 Å². The molecule has 0 saturated carbocycles. The molecular formula is C13H20ClNO2. The van der Waals surface area contributed by atoms with Gasteiger partial charge in [0, 0.05) is 30.8 Å². The minimum absolute atomic E-state index is 0.690. The third-order valence-electron chi connectivity index (χ3n) is 2.32. The van der Waals surface area contributed by atoms with Crippen molar-refractivity contribution < 1.29 is 9.47 Å². The highest BCUT2D eigenvalue weighted by Gasteiger charge is 2.07. The molecule has 0 amide bonds. The quantitative estimate of drug-likeness (QED) is 0.727. The molecule has 0 unspecified atom stereocenters. The van der Waals surface area contributed by atoms with Gasteiger partial charge in [-0.3, -0.25) is 0 Å². The van der Waals surface area contributed by atoms with Crippen LogP contribution in [0.2, 0.25) is 5.02 Å². The number of rotatable bonds is 8. The second-order valence-electron chi connectivity index (χ2n) is 3.73. The Balaban J connectivity index is 2.60. The van der Waals surface area contributed by atoms with E-state index in [1.807, 2.05) is 18.2 Å². The molecule has 17 heavy (non-hydrogen) atoms. The zero-order chi connectivity index (χ0) is 12.5. The normalized spacial score (nSPS) is 10.5. The van der Waals surface area contributed by atoms with E-state index in [4.69, 9.17) is 21.1 Å². The summed E-state index contributed by atoms with van der Waals surface area (Å²) < 4.78 is 10.6. The van der Waals surface area contributed by atoms with Crippen molar-refractivity contribution in [2.45, 2.75) is 19.9 Å². The SMILES string of the molecule is CCCOc1cccc(Cl)c1CNCCOC. The van der Waals surface area contributed by atoms with Gasteiger partial charge in [0.1, 0.15) is 5.75 Å². The molecule has 1 aromatic carbocycles. The number of benzene rings is 1. The highest BCUT2D eigenvalue weighted by molar-refractivity contribution is 6.31. The fourth-order valence-electron chi connectivity index (χ4n) is 1.45. The number of nitrogens with one attached hydrogen (secondary N) is 1. The van der Waals surface area contributed by atoms with Crippen molar-refractivity contribution in [1.82, 2.24) is 5.32 Å². The molecule has 4 heteroatoms. The summed E-state index contributed by atoms with van der Waals surface area (Å²) in [4.78, 5) is 0. The van der Waals surface area contributed by atoms with Crippen LogP contribution in [0.4, 0.5) is 0 Å². The maximum Gasteiger partial charge on any atom is 0.125 e. The Hall–Kier alpha value is -0.770. The predicted molar refractivity (Wildman–Crippen MR) is 70.8 cm³/mol. The lowest BCUT2D eigenvalue weighted by molar-refractivity contribution is 0.199. The molecule has 0 atom stereocenters. The van der Waals surface area contributed by atoms with Crippen LogP contribution in [0.15, 0.2) is 18.2 Å². The molecule has 96 valence electrons.